The van der Waals surface area contributed by atoms with E-state index in [2.05, 4.69) is 22.6 Å². The molecule has 0 unspecified atom stereocenters. The van der Waals surface area contributed by atoms with Gasteiger partial charge in [-0.1, -0.05) is 24.2 Å². The Kier molecular flexibility index (Phi) is 4.35. The fourth-order valence-electron chi connectivity index (χ4n) is 2.99. The Balaban J connectivity index is 1.74. The highest BCUT2D eigenvalue weighted by Gasteiger charge is 2.26. The Morgan fingerprint density at radius 2 is 2.17 bits per heavy atom. The molecule has 128 valence electrons. The van der Waals surface area contributed by atoms with Crippen LogP contribution in [-0.4, -0.2) is 16.9 Å². The third-order valence-electron chi connectivity index (χ3n) is 4.11. The second-order valence-electron chi connectivity index (χ2n) is 7.18. The van der Waals surface area contributed by atoms with Crippen LogP contribution in [-0.2, 0) is 17.6 Å². The van der Waals surface area contributed by atoms with Gasteiger partial charge in [0.25, 0.3) is 0 Å². The highest BCUT2D eigenvalue weighted by atomic mass is 16.6. The SMILES string of the molecule is CCc1cc(-c2ccc3c(c2)CC[C@H]3NC(=O)OC(C)(C)C)no1. The fraction of sp³-hybridized carbons (Fsp3) is 0.474. The van der Waals surface area contributed by atoms with Crippen molar-refractivity contribution in [1.82, 2.24) is 10.5 Å². The molecule has 5 heteroatoms. The molecule has 1 aromatic carbocycles. The summed E-state index contributed by atoms with van der Waals surface area (Å²) in [6.07, 6.45) is 2.28. The molecule has 0 aliphatic heterocycles. The van der Waals surface area contributed by atoms with Gasteiger partial charge in [0.2, 0.25) is 0 Å². The molecule has 1 aromatic heterocycles. The van der Waals surface area contributed by atoms with Gasteiger partial charge in [-0.3, -0.25) is 0 Å². The summed E-state index contributed by atoms with van der Waals surface area (Å²) in [5.74, 6) is 0.884. The van der Waals surface area contributed by atoms with Crippen LogP contribution in [0.15, 0.2) is 28.8 Å². The molecular formula is C19H24N2O3. The third-order valence-corrected chi connectivity index (χ3v) is 4.11. The maximum Gasteiger partial charge on any atom is 0.408 e. The van der Waals surface area contributed by atoms with Gasteiger partial charge in [-0.2, -0.15) is 0 Å². The molecule has 5 nitrogen and oxygen atoms in total. The number of aromatic nitrogens is 1. The summed E-state index contributed by atoms with van der Waals surface area (Å²) in [4.78, 5) is 12.0. The molecule has 1 aliphatic carbocycles. The van der Waals surface area contributed by atoms with Crippen molar-refractivity contribution in [1.29, 1.82) is 0 Å². The summed E-state index contributed by atoms with van der Waals surface area (Å²) in [6.45, 7) is 7.64. The minimum Gasteiger partial charge on any atom is -0.444 e. The monoisotopic (exact) mass is 328 g/mol. The van der Waals surface area contributed by atoms with E-state index in [0.717, 1.165) is 41.8 Å². The molecule has 0 radical (unpaired) electrons. The third kappa shape index (κ3) is 3.61. The topological polar surface area (TPSA) is 64.4 Å². The fourth-order valence-corrected chi connectivity index (χ4v) is 2.99. The second kappa shape index (κ2) is 6.30. The molecule has 1 amide bonds. The van der Waals surface area contributed by atoms with Crippen LogP contribution >= 0.6 is 0 Å². The highest BCUT2D eigenvalue weighted by molar-refractivity contribution is 5.69. The van der Waals surface area contributed by atoms with E-state index >= 15 is 0 Å². The number of nitrogens with zero attached hydrogens (tertiary/aromatic N) is 1. The summed E-state index contributed by atoms with van der Waals surface area (Å²) in [5.41, 5.74) is 3.83. The second-order valence-corrected chi connectivity index (χ2v) is 7.18. The summed E-state index contributed by atoms with van der Waals surface area (Å²) in [5, 5.41) is 7.09. The highest BCUT2D eigenvalue weighted by Crippen LogP contribution is 2.34. The van der Waals surface area contributed by atoms with Gasteiger partial charge in [-0.15, -0.1) is 0 Å². The van der Waals surface area contributed by atoms with Crippen molar-refractivity contribution in [3.05, 3.63) is 41.2 Å². The number of amides is 1. The first kappa shape index (κ1) is 16.6. The number of carbonyl (C=O) groups excluding carboxylic acids is 1. The molecule has 0 saturated carbocycles. The van der Waals surface area contributed by atoms with E-state index in [1.807, 2.05) is 39.8 Å². The molecular weight excluding hydrogens is 304 g/mol. The first-order valence-corrected chi connectivity index (χ1v) is 8.44. The lowest BCUT2D eigenvalue weighted by Gasteiger charge is -2.22. The predicted octanol–water partition coefficient (Wildman–Crippen LogP) is 4.42. The summed E-state index contributed by atoms with van der Waals surface area (Å²) >= 11 is 0. The molecule has 1 N–H and O–H groups in total. The summed E-state index contributed by atoms with van der Waals surface area (Å²) in [7, 11) is 0. The maximum atomic E-state index is 12.0. The van der Waals surface area contributed by atoms with Gasteiger partial charge in [0.1, 0.15) is 17.1 Å². The minimum atomic E-state index is -0.487. The Morgan fingerprint density at radius 1 is 1.38 bits per heavy atom. The molecule has 0 saturated heterocycles. The standard InChI is InChI=1S/C19H24N2O3/c1-5-14-11-17(21-24-14)13-6-8-15-12(10-13)7-9-16(15)20-18(22)23-19(2,3)4/h6,8,10-11,16H,5,7,9H2,1-4H3,(H,20,22)/t16-/m1/s1. The van der Waals surface area contributed by atoms with E-state index in [9.17, 15) is 4.79 Å². The van der Waals surface area contributed by atoms with Gasteiger partial charge in [0.05, 0.1) is 6.04 Å². The number of fused-ring (bicyclic) bond motifs is 1. The zero-order valence-corrected chi connectivity index (χ0v) is 14.7. The van der Waals surface area contributed by atoms with Crippen molar-refractivity contribution < 1.29 is 14.1 Å². The van der Waals surface area contributed by atoms with Crippen molar-refractivity contribution in [3.63, 3.8) is 0 Å². The number of nitrogens with one attached hydrogen (secondary N) is 1. The van der Waals surface area contributed by atoms with E-state index in [-0.39, 0.29) is 12.1 Å². The van der Waals surface area contributed by atoms with Crippen LogP contribution in [0.25, 0.3) is 11.3 Å². The zero-order valence-electron chi connectivity index (χ0n) is 14.7. The van der Waals surface area contributed by atoms with E-state index < -0.39 is 5.60 Å². The van der Waals surface area contributed by atoms with Crippen LogP contribution in [0.1, 0.15) is 57.0 Å². The Bertz CT molecular complexity index is 743. The molecule has 0 bridgehead atoms. The van der Waals surface area contributed by atoms with E-state index in [1.54, 1.807) is 0 Å². The number of ether oxygens (including phenoxy) is 1. The molecule has 1 heterocycles. The van der Waals surface area contributed by atoms with Crippen LogP contribution in [0.4, 0.5) is 4.79 Å². The number of benzene rings is 1. The molecule has 1 atom stereocenters. The lowest BCUT2D eigenvalue weighted by atomic mass is 10.0. The largest absolute Gasteiger partial charge is 0.444 e. The number of hydrogen-bond donors (Lipinski definition) is 1. The smallest absolute Gasteiger partial charge is 0.408 e. The van der Waals surface area contributed by atoms with E-state index in [4.69, 9.17) is 9.26 Å². The summed E-state index contributed by atoms with van der Waals surface area (Å²) < 4.78 is 10.6. The molecule has 0 spiro atoms. The van der Waals surface area contributed by atoms with Gasteiger partial charge in [0, 0.05) is 18.1 Å². The maximum absolute atomic E-state index is 12.0. The van der Waals surface area contributed by atoms with Gasteiger partial charge in [0.15, 0.2) is 0 Å². The van der Waals surface area contributed by atoms with Gasteiger partial charge < -0.3 is 14.6 Å². The average Bonchev–Trinajstić information content (AvgIpc) is 3.12. The number of rotatable bonds is 3. The van der Waals surface area contributed by atoms with Crippen molar-refractivity contribution in [3.8, 4) is 11.3 Å². The molecule has 3 rings (SSSR count). The van der Waals surface area contributed by atoms with Crippen LogP contribution in [0.3, 0.4) is 0 Å². The van der Waals surface area contributed by atoms with Crippen LogP contribution < -0.4 is 5.32 Å². The van der Waals surface area contributed by atoms with Crippen molar-refractivity contribution >= 4 is 6.09 Å². The van der Waals surface area contributed by atoms with Gasteiger partial charge in [-0.25, -0.2) is 4.79 Å². The summed E-state index contributed by atoms with van der Waals surface area (Å²) in [6, 6.07) is 8.23. The van der Waals surface area contributed by atoms with Crippen molar-refractivity contribution in [2.24, 2.45) is 0 Å². The lowest BCUT2D eigenvalue weighted by molar-refractivity contribution is 0.0503. The Morgan fingerprint density at radius 3 is 2.83 bits per heavy atom. The first-order chi connectivity index (χ1) is 11.4. The van der Waals surface area contributed by atoms with Crippen molar-refractivity contribution in [2.45, 2.75) is 58.6 Å². The average molecular weight is 328 g/mol. The van der Waals surface area contributed by atoms with Gasteiger partial charge in [-0.05, 0) is 50.8 Å². The zero-order chi connectivity index (χ0) is 17.3. The molecule has 24 heavy (non-hydrogen) atoms. The van der Waals surface area contributed by atoms with Crippen LogP contribution in [0.5, 0.6) is 0 Å². The predicted molar refractivity (Wildman–Crippen MR) is 91.7 cm³/mol. The van der Waals surface area contributed by atoms with Gasteiger partial charge >= 0.3 is 6.09 Å². The van der Waals surface area contributed by atoms with E-state index in [0.29, 0.717) is 0 Å². The van der Waals surface area contributed by atoms with Crippen LogP contribution in [0.2, 0.25) is 0 Å². The number of carbonyl (C=O) groups is 1. The Labute approximate surface area is 142 Å². The van der Waals surface area contributed by atoms with Crippen LogP contribution in [0, 0.1) is 0 Å². The number of hydrogen-bond acceptors (Lipinski definition) is 4. The molecule has 1 aliphatic rings. The molecule has 0 fully saturated rings. The van der Waals surface area contributed by atoms with Crippen molar-refractivity contribution in [2.75, 3.05) is 0 Å². The quantitative estimate of drug-likeness (QED) is 0.906. The first-order valence-electron chi connectivity index (χ1n) is 8.44. The molecule has 2 aromatic rings. The van der Waals surface area contributed by atoms with E-state index in [1.165, 1.54) is 5.56 Å². The number of alkyl carbamates (subject to hydrolysis) is 1. The minimum absolute atomic E-state index is 0.00686. The Hall–Kier alpha value is -2.30. The lowest BCUT2D eigenvalue weighted by Crippen LogP contribution is -2.34. The number of aryl methyl sites for hydroxylation is 2. The normalized spacial score (nSPS) is 16.8.